The lowest BCUT2D eigenvalue weighted by atomic mass is 10.1. The SMILES string of the molecule is COc1ccc(-c2c(-c3ccccn3)nn3cc(C(F)(F)F)cnc23)cn1. The number of hydrogen-bond donors (Lipinski definition) is 0. The molecule has 0 saturated heterocycles. The van der Waals surface area contributed by atoms with Crippen LogP contribution in [-0.2, 0) is 6.18 Å². The molecule has 0 aliphatic rings. The lowest BCUT2D eigenvalue weighted by Crippen LogP contribution is -2.07. The van der Waals surface area contributed by atoms with Crippen molar-refractivity contribution < 1.29 is 17.9 Å². The van der Waals surface area contributed by atoms with Gasteiger partial charge in [0.1, 0.15) is 5.69 Å². The largest absolute Gasteiger partial charge is 0.481 e. The Kier molecular flexibility index (Phi) is 3.98. The molecule has 0 N–H and O–H groups in total. The van der Waals surface area contributed by atoms with Gasteiger partial charge in [-0.05, 0) is 18.2 Å². The number of aromatic nitrogens is 5. The van der Waals surface area contributed by atoms with Gasteiger partial charge in [0.25, 0.3) is 0 Å². The molecule has 0 saturated carbocycles. The van der Waals surface area contributed by atoms with Crippen molar-refractivity contribution in [3.05, 3.63) is 60.7 Å². The standard InChI is InChI=1S/C18H12F3N5O/c1-27-14-6-5-11(8-23-14)15-16(13-4-2-3-7-22-13)25-26-10-12(18(19,20)21)9-24-17(15)26/h2-10H,1H3. The highest BCUT2D eigenvalue weighted by Crippen LogP contribution is 2.35. The highest BCUT2D eigenvalue weighted by Gasteiger charge is 2.32. The Morgan fingerprint density at radius 1 is 1.00 bits per heavy atom. The molecule has 4 heterocycles. The summed E-state index contributed by atoms with van der Waals surface area (Å²) in [6, 6.07) is 8.65. The topological polar surface area (TPSA) is 65.2 Å². The Labute approximate surface area is 151 Å². The molecule has 0 aromatic carbocycles. The summed E-state index contributed by atoms with van der Waals surface area (Å²) >= 11 is 0. The highest BCUT2D eigenvalue weighted by atomic mass is 19.4. The van der Waals surface area contributed by atoms with Crippen molar-refractivity contribution >= 4 is 5.65 Å². The van der Waals surface area contributed by atoms with Gasteiger partial charge in [-0.15, -0.1) is 0 Å². The van der Waals surface area contributed by atoms with Crippen LogP contribution in [0.2, 0.25) is 0 Å². The Bertz CT molecular complexity index is 1090. The van der Waals surface area contributed by atoms with Crippen LogP contribution in [0.3, 0.4) is 0 Å². The predicted octanol–water partition coefficient (Wildman–Crippen LogP) is 3.88. The number of nitrogens with zero attached hydrogens (tertiary/aromatic N) is 5. The van der Waals surface area contributed by atoms with Gasteiger partial charge in [-0.3, -0.25) is 4.98 Å². The fourth-order valence-electron chi connectivity index (χ4n) is 2.68. The first-order chi connectivity index (χ1) is 13.0. The van der Waals surface area contributed by atoms with E-state index in [0.29, 0.717) is 28.4 Å². The molecular formula is C18H12F3N5O. The lowest BCUT2D eigenvalue weighted by Gasteiger charge is -2.06. The second kappa shape index (κ2) is 6.35. The molecule has 0 radical (unpaired) electrons. The zero-order valence-electron chi connectivity index (χ0n) is 14.0. The number of pyridine rings is 2. The van der Waals surface area contributed by atoms with E-state index in [2.05, 4.69) is 20.1 Å². The summed E-state index contributed by atoms with van der Waals surface area (Å²) in [4.78, 5) is 12.4. The van der Waals surface area contributed by atoms with E-state index in [0.717, 1.165) is 16.9 Å². The Hall–Kier alpha value is -3.49. The van der Waals surface area contributed by atoms with Gasteiger partial charge in [-0.25, -0.2) is 14.5 Å². The number of rotatable bonds is 3. The van der Waals surface area contributed by atoms with E-state index in [1.807, 2.05) is 0 Å². The summed E-state index contributed by atoms with van der Waals surface area (Å²) in [6.45, 7) is 0. The molecule has 0 fully saturated rings. The van der Waals surface area contributed by atoms with Crippen LogP contribution in [0.5, 0.6) is 5.88 Å². The van der Waals surface area contributed by atoms with E-state index in [4.69, 9.17) is 4.74 Å². The second-order valence-electron chi connectivity index (χ2n) is 5.64. The van der Waals surface area contributed by atoms with Crippen molar-refractivity contribution in [1.29, 1.82) is 0 Å². The minimum Gasteiger partial charge on any atom is -0.481 e. The number of ether oxygens (including phenoxy) is 1. The third-order valence-electron chi connectivity index (χ3n) is 3.94. The summed E-state index contributed by atoms with van der Waals surface area (Å²) in [5.41, 5.74) is 1.49. The average molecular weight is 371 g/mol. The van der Waals surface area contributed by atoms with Crippen LogP contribution < -0.4 is 4.74 Å². The zero-order chi connectivity index (χ0) is 19.0. The summed E-state index contributed by atoms with van der Waals surface area (Å²) in [5.74, 6) is 0.418. The van der Waals surface area contributed by atoms with E-state index in [9.17, 15) is 13.2 Å². The maximum atomic E-state index is 13.0. The average Bonchev–Trinajstić information content (AvgIpc) is 3.07. The molecule has 0 aliphatic carbocycles. The van der Waals surface area contributed by atoms with Crippen LogP contribution in [0.1, 0.15) is 5.56 Å². The van der Waals surface area contributed by atoms with E-state index >= 15 is 0 Å². The quantitative estimate of drug-likeness (QED) is 0.547. The molecule has 4 aromatic rings. The first-order valence-electron chi connectivity index (χ1n) is 7.85. The summed E-state index contributed by atoms with van der Waals surface area (Å²) < 4.78 is 45.3. The molecule has 136 valence electrons. The number of methoxy groups -OCH3 is 1. The van der Waals surface area contributed by atoms with Crippen molar-refractivity contribution in [1.82, 2.24) is 24.6 Å². The molecule has 0 amide bonds. The smallest absolute Gasteiger partial charge is 0.419 e. The van der Waals surface area contributed by atoms with Gasteiger partial charge in [0.05, 0.1) is 23.9 Å². The van der Waals surface area contributed by atoms with Crippen LogP contribution in [0.25, 0.3) is 28.2 Å². The molecule has 0 spiro atoms. The van der Waals surface area contributed by atoms with Crippen molar-refractivity contribution in [2.75, 3.05) is 7.11 Å². The maximum Gasteiger partial charge on any atom is 0.419 e. The molecule has 4 aromatic heterocycles. The predicted molar refractivity (Wildman–Crippen MR) is 91.0 cm³/mol. The normalized spacial score (nSPS) is 11.7. The first kappa shape index (κ1) is 17.0. The van der Waals surface area contributed by atoms with Crippen LogP contribution >= 0.6 is 0 Å². The molecule has 0 atom stereocenters. The Balaban J connectivity index is 1.98. The number of halogens is 3. The van der Waals surface area contributed by atoms with Gasteiger partial charge in [0.2, 0.25) is 5.88 Å². The Morgan fingerprint density at radius 3 is 2.48 bits per heavy atom. The Morgan fingerprint density at radius 2 is 1.85 bits per heavy atom. The van der Waals surface area contributed by atoms with Gasteiger partial charge >= 0.3 is 6.18 Å². The van der Waals surface area contributed by atoms with Crippen LogP contribution in [0.4, 0.5) is 13.2 Å². The molecule has 0 unspecified atom stereocenters. The van der Waals surface area contributed by atoms with Crippen molar-refractivity contribution in [2.45, 2.75) is 6.18 Å². The second-order valence-corrected chi connectivity index (χ2v) is 5.64. The van der Waals surface area contributed by atoms with Crippen molar-refractivity contribution in [2.24, 2.45) is 0 Å². The highest BCUT2D eigenvalue weighted by molar-refractivity contribution is 5.89. The van der Waals surface area contributed by atoms with Gasteiger partial charge in [0, 0.05) is 36.4 Å². The molecule has 0 aliphatic heterocycles. The minimum atomic E-state index is -4.51. The monoisotopic (exact) mass is 371 g/mol. The third-order valence-corrected chi connectivity index (χ3v) is 3.94. The molecule has 4 rings (SSSR count). The minimum absolute atomic E-state index is 0.274. The third kappa shape index (κ3) is 3.07. The van der Waals surface area contributed by atoms with E-state index in [-0.39, 0.29) is 5.65 Å². The number of fused-ring (bicyclic) bond motifs is 1. The van der Waals surface area contributed by atoms with Gasteiger partial charge in [0.15, 0.2) is 5.65 Å². The summed E-state index contributed by atoms with van der Waals surface area (Å²) in [7, 11) is 1.50. The molecule has 9 heteroatoms. The fourth-order valence-corrected chi connectivity index (χ4v) is 2.68. The van der Waals surface area contributed by atoms with Gasteiger partial charge in [-0.1, -0.05) is 6.07 Å². The lowest BCUT2D eigenvalue weighted by molar-refractivity contribution is -0.138. The molecule has 6 nitrogen and oxygen atoms in total. The number of hydrogen-bond acceptors (Lipinski definition) is 5. The van der Waals surface area contributed by atoms with Crippen molar-refractivity contribution in [3.8, 4) is 28.4 Å². The van der Waals surface area contributed by atoms with E-state index in [1.54, 1.807) is 42.7 Å². The van der Waals surface area contributed by atoms with E-state index < -0.39 is 11.7 Å². The van der Waals surface area contributed by atoms with Crippen LogP contribution in [-0.4, -0.2) is 31.7 Å². The van der Waals surface area contributed by atoms with Crippen LogP contribution in [0, 0.1) is 0 Å². The summed E-state index contributed by atoms with van der Waals surface area (Å²) in [6.07, 6.45) is 0.334. The fraction of sp³-hybridized carbons (Fsp3) is 0.111. The van der Waals surface area contributed by atoms with Crippen molar-refractivity contribution in [3.63, 3.8) is 0 Å². The van der Waals surface area contributed by atoms with Gasteiger partial charge in [-0.2, -0.15) is 18.3 Å². The molecule has 0 bridgehead atoms. The van der Waals surface area contributed by atoms with Crippen LogP contribution in [0.15, 0.2) is 55.1 Å². The number of alkyl halides is 3. The summed E-state index contributed by atoms with van der Waals surface area (Å²) in [5, 5.41) is 4.31. The first-order valence-corrected chi connectivity index (χ1v) is 7.85. The maximum absolute atomic E-state index is 13.0. The molecule has 27 heavy (non-hydrogen) atoms. The van der Waals surface area contributed by atoms with E-state index in [1.165, 1.54) is 7.11 Å². The van der Waals surface area contributed by atoms with Gasteiger partial charge < -0.3 is 4.74 Å². The molecular weight excluding hydrogens is 359 g/mol. The zero-order valence-corrected chi connectivity index (χ0v) is 14.0.